The number of carbonyl (C=O) groups is 1. The number of hydrogen-bond acceptors (Lipinski definition) is 4. The quantitative estimate of drug-likeness (QED) is 0.744. The Morgan fingerprint density at radius 2 is 2.29 bits per heavy atom. The second-order valence-corrected chi connectivity index (χ2v) is 4.97. The molecule has 1 atom stereocenters. The second kappa shape index (κ2) is 5.77. The number of aromatic nitrogens is 3. The average Bonchev–Trinajstić information content (AvgIpc) is 2.65. The monoisotopic (exact) mass is 240 g/mol. The predicted octanol–water partition coefficient (Wildman–Crippen LogP) is 0.191. The largest absolute Gasteiger partial charge is 0.388 e. The molecule has 0 radical (unpaired) electrons. The third kappa shape index (κ3) is 5.44. The Balaban J connectivity index is 2.32. The Morgan fingerprint density at radius 1 is 1.59 bits per heavy atom. The van der Waals surface area contributed by atoms with Crippen LogP contribution in [0.2, 0.25) is 0 Å². The van der Waals surface area contributed by atoms with Crippen molar-refractivity contribution in [1.29, 1.82) is 0 Å². The topological polar surface area (TPSA) is 80.0 Å². The number of nitrogens with one attached hydrogen (secondary N) is 1. The summed E-state index contributed by atoms with van der Waals surface area (Å²) in [6.07, 6.45) is 3.78. The first-order valence-corrected chi connectivity index (χ1v) is 5.72. The Bertz CT molecular complexity index is 346. The fourth-order valence-corrected chi connectivity index (χ4v) is 1.76. The molecule has 17 heavy (non-hydrogen) atoms. The maximum absolute atomic E-state index is 11.5. The van der Waals surface area contributed by atoms with E-state index in [0.717, 1.165) is 0 Å². The number of amides is 1. The number of hydrogen-bond donors (Lipinski definition) is 2. The Hall–Kier alpha value is -1.43. The van der Waals surface area contributed by atoms with Gasteiger partial charge in [0.15, 0.2) is 0 Å². The lowest BCUT2D eigenvalue weighted by molar-refractivity contribution is -0.123. The maximum Gasteiger partial charge on any atom is 0.241 e. The molecular formula is C11H20N4O2. The molecule has 1 aromatic heterocycles. The van der Waals surface area contributed by atoms with Crippen LogP contribution in [-0.4, -0.2) is 38.2 Å². The van der Waals surface area contributed by atoms with E-state index >= 15 is 0 Å². The minimum absolute atomic E-state index is 0.123. The smallest absolute Gasteiger partial charge is 0.241 e. The van der Waals surface area contributed by atoms with Crippen LogP contribution in [0.25, 0.3) is 0 Å². The van der Waals surface area contributed by atoms with E-state index in [9.17, 15) is 9.90 Å². The summed E-state index contributed by atoms with van der Waals surface area (Å²) in [5.74, 6) is 0.205. The molecule has 1 amide bonds. The van der Waals surface area contributed by atoms with Crippen LogP contribution in [-0.2, 0) is 11.3 Å². The van der Waals surface area contributed by atoms with Gasteiger partial charge in [0, 0.05) is 12.7 Å². The SMILES string of the molecule is CC(C)CC(C)(O)CNC(=O)Cn1ccnn1. The van der Waals surface area contributed by atoms with E-state index in [1.165, 1.54) is 10.9 Å². The molecule has 2 N–H and O–H groups in total. The highest BCUT2D eigenvalue weighted by atomic mass is 16.3. The number of carbonyl (C=O) groups excluding carboxylic acids is 1. The highest BCUT2D eigenvalue weighted by Gasteiger charge is 2.22. The zero-order valence-electron chi connectivity index (χ0n) is 10.6. The summed E-state index contributed by atoms with van der Waals surface area (Å²) in [6, 6.07) is 0. The van der Waals surface area contributed by atoms with Gasteiger partial charge in [-0.1, -0.05) is 19.1 Å². The van der Waals surface area contributed by atoms with Crippen LogP contribution in [0.1, 0.15) is 27.2 Å². The van der Waals surface area contributed by atoms with Crippen molar-refractivity contribution in [3.8, 4) is 0 Å². The van der Waals surface area contributed by atoms with Crippen LogP contribution in [0.5, 0.6) is 0 Å². The number of rotatable bonds is 6. The molecule has 6 heteroatoms. The molecular weight excluding hydrogens is 220 g/mol. The molecule has 0 saturated carbocycles. The highest BCUT2D eigenvalue weighted by molar-refractivity contribution is 5.75. The van der Waals surface area contributed by atoms with Crippen LogP contribution < -0.4 is 5.32 Å². The van der Waals surface area contributed by atoms with Crippen molar-refractivity contribution in [1.82, 2.24) is 20.3 Å². The van der Waals surface area contributed by atoms with Crippen molar-refractivity contribution in [2.75, 3.05) is 6.54 Å². The third-order valence-electron chi connectivity index (χ3n) is 2.29. The van der Waals surface area contributed by atoms with Crippen molar-refractivity contribution in [3.05, 3.63) is 12.4 Å². The molecule has 0 aromatic carbocycles. The van der Waals surface area contributed by atoms with Gasteiger partial charge in [-0.2, -0.15) is 0 Å². The second-order valence-electron chi connectivity index (χ2n) is 4.97. The first kappa shape index (κ1) is 13.6. The van der Waals surface area contributed by atoms with Gasteiger partial charge < -0.3 is 10.4 Å². The van der Waals surface area contributed by atoms with E-state index in [0.29, 0.717) is 12.3 Å². The fraction of sp³-hybridized carbons (Fsp3) is 0.727. The molecule has 0 aliphatic rings. The molecule has 0 bridgehead atoms. The zero-order chi connectivity index (χ0) is 12.9. The standard InChI is InChI=1S/C11H20N4O2/c1-9(2)6-11(3,17)8-12-10(16)7-15-5-4-13-14-15/h4-5,9,17H,6-8H2,1-3H3,(H,12,16). The molecule has 1 aromatic rings. The maximum atomic E-state index is 11.5. The van der Waals surface area contributed by atoms with Gasteiger partial charge in [-0.3, -0.25) is 4.79 Å². The van der Waals surface area contributed by atoms with Crippen molar-refractivity contribution >= 4 is 5.91 Å². The average molecular weight is 240 g/mol. The first-order chi connectivity index (χ1) is 7.89. The molecule has 1 heterocycles. The fourth-order valence-electron chi connectivity index (χ4n) is 1.76. The zero-order valence-corrected chi connectivity index (χ0v) is 10.6. The molecule has 0 spiro atoms. The molecule has 96 valence electrons. The van der Waals surface area contributed by atoms with Gasteiger partial charge in [-0.25, -0.2) is 4.68 Å². The van der Waals surface area contributed by atoms with Crippen LogP contribution in [0.3, 0.4) is 0 Å². The van der Waals surface area contributed by atoms with Gasteiger partial charge in [0.1, 0.15) is 6.54 Å². The molecule has 0 fully saturated rings. The van der Waals surface area contributed by atoms with Gasteiger partial charge in [0.05, 0.1) is 11.8 Å². The molecule has 6 nitrogen and oxygen atoms in total. The molecule has 1 unspecified atom stereocenters. The summed E-state index contributed by atoms with van der Waals surface area (Å²) in [5.41, 5.74) is -0.869. The first-order valence-electron chi connectivity index (χ1n) is 5.72. The summed E-state index contributed by atoms with van der Waals surface area (Å²) < 4.78 is 1.44. The Kier molecular flexibility index (Phi) is 4.62. The van der Waals surface area contributed by atoms with Crippen molar-refractivity contribution in [2.45, 2.75) is 39.3 Å². The summed E-state index contributed by atoms with van der Waals surface area (Å²) in [4.78, 5) is 11.5. The minimum Gasteiger partial charge on any atom is -0.388 e. The highest BCUT2D eigenvalue weighted by Crippen LogP contribution is 2.14. The normalized spacial score (nSPS) is 14.6. The molecule has 0 aliphatic heterocycles. The van der Waals surface area contributed by atoms with Crippen LogP contribution in [0, 0.1) is 5.92 Å². The Labute approximate surface area is 101 Å². The summed E-state index contributed by atoms with van der Waals surface area (Å²) in [5, 5.41) is 20.0. The predicted molar refractivity (Wildman–Crippen MR) is 63.1 cm³/mol. The van der Waals surface area contributed by atoms with E-state index in [2.05, 4.69) is 15.6 Å². The lowest BCUT2D eigenvalue weighted by Crippen LogP contribution is -2.42. The minimum atomic E-state index is -0.869. The van der Waals surface area contributed by atoms with Crippen molar-refractivity contribution in [3.63, 3.8) is 0 Å². The summed E-state index contributed by atoms with van der Waals surface area (Å²) in [7, 11) is 0. The Morgan fingerprint density at radius 3 is 2.82 bits per heavy atom. The molecule has 0 aliphatic carbocycles. The van der Waals surface area contributed by atoms with E-state index in [1.54, 1.807) is 13.1 Å². The van der Waals surface area contributed by atoms with E-state index in [4.69, 9.17) is 0 Å². The molecule has 1 rings (SSSR count). The van der Waals surface area contributed by atoms with Gasteiger partial charge in [0.25, 0.3) is 0 Å². The molecule has 0 saturated heterocycles. The van der Waals surface area contributed by atoms with Crippen LogP contribution >= 0.6 is 0 Å². The number of aliphatic hydroxyl groups is 1. The van der Waals surface area contributed by atoms with Gasteiger partial charge in [-0.15, -0.1) is 5.10 Å². The van der Waals surface area contributed by atoms with E-state index in [-0.39, 0.29) is 19.0 Å². The summed E-state index contributed by atoms with van der Waals surface area (Å²) in [6.45, 7) is 6.16. The number of nitrogens with zero attached hydrogens (tertiary/aromatic N) is 3. The van der Waals surface area contributed by atoms with E-state index in [1.807, 2.05) is 13.8 Å². The lowest BCUT2D eigenvalue weighted by atomic mass is 9.94. The summed E-state index contributed by atoms with van der Waals surface area (Å²) >= 11 is 0. The van der Waals surface area contributed by atoms with Crippen molar-refractivity contribution in [2.24, 2.45) is 5.92 Å². The van der Waals surface area contributed by atoms with Gasteiger partial charge in [0.2, 0.25) is 5.91 Å². The third-order valence-corrected chi connectivity index (χ3v) is 2.29. The van der Waals surface area contributed by atoms with Crippen molar-refractivity contribution < 1.29 is 9.90 Å². The van der Waals surface area contributed by atoms with Crippen LogP contribution in [0.4, 0.5) is 0 Å². The van der Waals surface area contributed by atoms with Gasteiger partial charge >= 0.3 is 0 Å². The lowest BCUT2D eigenvalue weighted by Gasteiger charge is -2.25. The van der Waals surface area contributed by atoms with E-state index < -0.39 is 5.60 Å². The van der Waals surface area contributed by atoms with Crippen LogP contribution in [0.15, 0.2) is 12.4 Å². The van der Waals surface area contributed by atoms with Gasteiger partial charge in [-0.05, 0) is 19.3 Å².